The Balaban J connectivity index is 1.76. The molecular weight excluding hydrogens is 215 g/mol. The maximum atomic E-state index is 13.3. The van der Waals surface area contributed by atoms with Gasteiger partial charge < -0.3 is 5.32 Å². The van der Waals surface area contributed by atoms with Crippen LogP contribution in [-0.2, 0) is 13.0 Å². The minimum Gasteiger partial charge on any atom is -0.312 e. The maximum Gasteiger partial charge on any atom is 0.126 e. The van der Waals surface area contributed by atoms with Crippen LogP contribution in [0.25, 0.3) is 0 Å². The number of benzene rings is 1. The summed E-state index contributed by atoms with van der Waals surface area (Å²) in [7, 11) is 0. The zero-order chi connectivity index (χ0) is 11.9. The van der Waals surface area contributed by atoms with E-state index in [-0.39, 0.29) is 5.82 Å². The molecule has 1 aromatic carbocycles. The van der Waals surface area contributed by atoms with Crippen molar-refractivity contribution in [3.63, 3.8) is 0 Å². The Morgan fingerprint density at radius 1 is 1.12 bits per heavy atom. The predicted octanol–water partition coefficient (Wildman–Crippen LogP) is 2.55. The largest absolute Gasteiger partial charge is 0.312 e. The van der Waals surface area contributed by atoms with Gasteiger partial charge in [0.1, 0.15) is 5.82 Å². The van der Waals surface area contributed by atoms with Crippen LogP contribution in [0.4, 0.5) is 4.39 Å². The second-order valence-corrected chi connectivity index (χ2v) is 3.88. The van der Waals surface area contributed by atoms with Gasteiger partial charge in [-0.1, -0.05) is 24.3 Å². The minimum absolute atomic E-state index is 0.129. The Morgan fingerprint density at radius 2 is 2.00 bits per heavy atom. The lowest BCUT2D eigenvalue weighted by atomic mass is 10.1. The third-order valence-electron chi connectivity index (χ3n) is 2.58. The van der Waals surface area contributed by atoms with Crippen molar-refractivity contribution in [2.45, 2.75) is 13.0 Å². The molecule has 1 N–H and O–H groups in total. The molecule has 0 spiro atoms. The first-order valence-electron chi connectivity index (χ1n) is 5.69. The first kappa shape index (κ1) is 11.7. The van der Waals surface area contributed by atoms with Gasteiger partial charge in [-0.25, -0.2) is 4.39 Å². The Labute approximate surface area is 101 Å². The van der Waals surface area contributed by atoms with Crippen molar-refractivity contribution >= 4 is 0 Å². The van der Waals surface area contributed by atoms with E-state index in [1.54, 1.807) is 12.3 Å². The van der Waals surface area contributed by atoms with Gasteiger partial charge in [0.15, 0.2) is 0 Å². The molecule has 2 rings (SSSR count). The molecule has 1 heterocycles. The summed E-state index contributed by atoms with van der Waals surface area (Å²) in [6, 6.07) is 10.8. The highest BCUT2D eigenvalue weighted by Crippen LogP contribution is 2.06. The molecule has 1 aromatic heterocycles. The van der Waals surface area contributed by atoms with E-state index in [9.17, 15) is 4.39 Å². The molecular formula is C14H15FN2. The number of hydrogen-bond donors (Lipinski definition) is 1. The number of nitrogens with zero attached hydrogens (tertiary/aromatic N) is 1. The van der Waals surface area contributed by atoms with Gasteiger partial charge in [0.25, 0.3) is 0 Å². The van der Waals surface area contributed by atoms with Gasteiger partial charge in [-0.2, -0.15) is 0 Å². The van der Waals surface area contributed by atoms with E-state index in [1.807, 2.05) is 30.5 Å². The van der Waals surface area contributed by atoms with Crippen LogP contribution in [-0.4, -0.2) is 11.5 Å². The zero-order valence-corrected chi connectivity index (χ0v) is 9.57. The second-order valence-electron chi connectivity index (χ2n) is 3.88. The minimum atomic E-state index is -0.129. The summed E-state index contributed by atoms with van der Waals surface area (Å²) in [5.74, 6) is -0.129. The van der Waals surface area contributed by atoms with Crippen molar-refractivity contribution in [3.05, 3.63) is 65.7 Å². The quantitative estimate of drug-likeness (QED) is 0.798. The van der Waals surface area contributed by atoms with Crippen LogP contribution in [0.2, 0.25) is 0 Å². The highest BCUT2D eigenvalue weighted by Gasteiger charge is 1.99. The standard InChI is InChI=1S/C14H15FN2/c15-14-6-2-1-5-13(14)7-9-17-11-12-4-3-8-16-10-12/h1-6,8,10,17H,7,9,11H2. The van der Waals surface area contributed by atoms with E-state index in [4.69, 9.17) is 0 Å². The lowest BCUT2D eigenvalue weighted by molar-refractivity contribution is 0.597. The van der Waals surface area contributed by atoms with E-state index in [1.165, 1.54) is 6.07 Å². The summed E-state index contributed by atoms with van der Waals surface area (Å²) in [6.45, 7) is 1.53. The molecule has 2 aromatic rings. The number of hydrogen-bond acceptors (Lipinski definition) is 2. The summed E-state index contributed by atoms with van der Waals surface area (Å²) >= 11 is 0. The van der Waals surface area contributed by atoms with E-state index in [0.29, 0.717) is 6.42 Å². The van der Waals surface area contributed by atoms with Crippen LogP contribution >= 0.6 is 0 Å². The molecule has 2 nitrogen and oxygen atoms in total. The summed E-state index contributed by atoms with van der Waals surface area (Å²) in [4.78, 5) is 4.04. The van der Waals surface area contributed by atoms with Crippen molar-refractivity contribution in [1.82, 2.24) is 10.3 Å². The number of aromatic nitrogens is 1. The van der Waals surface area contributed by atoms with Gasteiger partial charge in [-0.3, -0.25) is 4.98 Å². The molecule has 0 fully saturated rings. The van der Waals surface area contributed by atoms with Crippen LogP contribution in [0, 0.1) is 5.82 Å². The first-order valence-corrected chi connectivity index (χ1v) is 5.69. The van der Waals surface area contributed by atoms with Crippen molar-refractivity contribution in [2.75, 3.05) is 6.54 Å². The Morgan fingerprint density at radius 3 is 2.76 bits per heavy atom. The lowest BCUT2D eigenvalue weighted by Gasteiger charge is -2.05. The number of rotatable bonds is 5. The SMILES string of the molecule is Fc1ccccc1CCNCc1cccnc1. The molecule has 0 aliphatic rings. The smallest absolute Gasteiger partial charge is 0.126 e. The third-order valence-corrected chi connectivity index (χ3v) is 2.58. The van der Waals surface area contributed by atoms with Gasteiger partial charge >= 0.3 is 0 Å². The van der Waals surface area contributed by atoms with Gasteiger partial charge in [0.05, 0.1) is 0 Å². The van der Waals surface area contributed by atoms with E-state index < -0.39 is 0 Å². The van der Waals surface area contributed by atoms with Gasteiger partial charge in [0.2, 0.25) is 0 Å². The molecule has 3 heteroatoms. The van der Waals surface area contributed by atoms with E-state index in [0.717, 1.165) is 24.2 Å². The van der Waals surface area contributed by atoms with Crippen molar-refractivity contribution in [2.24, 2.45) is 0 Å². The topological polar surface area (TPSA) is 24.9 Å². The van der Waals surface area contributed by atoms with Gasteiger partial charge in [0, 0.05) is 18.9 Å². The average molecular weight is 230 g/mol. The molecule has 17 heavy (non-hydrogen) atoms. The molecule has 0 aliphatic heterocycles. The van der Waals surface area contributed by atoms with Crippen LogP contribution in [0.15, 0.2) is 48.8 Å². The third kappa shape index (κ3) is 3.64. The van der Waals surface area contributed by atoms with Crippen LogP contribution in [0.1, 0.15) is 11.1 Å². The highest BCUT2D eigenvalue weighted by atomic mass is 19.1. The lowest BCUT2D eigenvalue weighted by Crippen LogP contribution is -2.17. The highest BCUT2D eigenvalue weighted by molar-refractivity contribution is 5.17. The summed E-state index contributed by atoms with van der Waals surface area (Å²) in [5, 5.41) is 3.27. The van der Waals surface area contributed by atoms with Crippen molar-refractivity contribution in [1.29, 1.82) is 0 Å². The van der Waals surface area contributed by atoms with Crippen molar-refractivity contribution < 1.29 is 4.39 Å². The monoisotopic (exact) mass is 230 g/mol. The van der Waals surface area contributed by atoms with E-state index in [2.05, 4.69) is 10.3 Å². The fourth-order valence-electron chi connectivity index (χ4n) is 1.66. The van der Waals surface area contributed by atoms with E-state index >= 15 is 0 Å². The fraction of sp³-hybridized carbons (Fsp3) is 0.214. The summed E-state index contributed by atoms with van der Waals surface area (Å²) in [5.41, 5.74) is 1.90. The average Bonchev–Trinajstić information content (AvgIpc) is 2.38. The maximum absolute atomic E-state index is 13.3. The predicted molar refractivity (Wildman–Crippen MR) is 66.0 cm³/mol. The fourth-order valence-corrected chi connectivity index (χ4v) is 1.66. The Hall–Kier alpha value is -1.74. The first-order chi connectivity index (χ1) is 8.36. The molecule has 0 amide bonds. The molecule has 0 radical (unpaired) electrons. The molecule has 0 bridgehead atoms. The second kappa shape index (κ2) is 6.11. The number of pyridine rings is 1. The molecule has 0 saturated heterocycles. The molecule has 0 atom stereocenters. The summed E-state index contributed by atoms with van der Waals surface area (Å²) in [6.07, 6.45) is 4.28. The molecule has 88 valence electrons. The van der Waals surface area contributed by atoms with Gasteiger partial charge in [-0.05, 0) is 36.2 Å². The van der Waals surface area contributed by atoms with Gasteiger partial charge in [-0.15, -0.1) is 0 Å². The molecule has 0 unspecified atom stereocenters. The number of nitrogens with one attached hydrogen (secondary N) is 1. The molecule has 0 saturated carbocycles. The van der Waals surface area contributed by atoms with Crippen molar-refractivity contribution in [3.8, 4) is 0 Å². The Bertz CT molecular complexity index is 457. The zero-order valence-electron chi connectivity index (χ0n) is 9.57. The van der Waals surface area contributed by atoms with Crippen LogP contribution < -0.4 is 5.32 Å². The number of halogens is 1. The summed E-state index contributed by atoms with van der Waals surface area (Å²) < 4.78 is 13.3. The molecule has 0 aliphatic carbocycles. The Kier molecular flexibility index (Phi) is 4.22. The van der Waals surface area contributed by atoms with Crippen LogP contribution in [0.5, 0.6) is 0 Å². The van der Waals surface area contributed by atoms with Crippen LogP contribution in [0.3, 0.4) is 0 Å². The normalized spacial score (nSPS) is 10.4.